The zero-order chi connectivity index (χ0) is 33.8. The molecule has 0 radical (unpaired) electrons. The number of fused-ring (bicyclic) bond motifs is 6. The Balaban J connectivity index is 1.29. The van der Waals surface area contributed by atoms with Gasteiger partial charge >= 0.3 is 0 Å². The highest BCUT2D eigenvalue weighted by atomic mass is 15.0. The van der Waals surface area contributed by atoms with Crippen molar-refractivity contribution in [1.82, 2.24) is 9.13 Å². The van der Waals surface area contributed by atoms with Crippen molar-refractivity contribution in [2.45, 2.75) is 0 Å². The largest absolute Gasteiger partial charge is 0.309 e. The minimum Gasteiger partial charge on any atom is -0.309 e. The van der Waals surface area contributed by atoms with Gasteiger partial charge in [-0.15, -0.1) is 0 Å². The van der Waals surface area contributed by atoms with E-state index in [2.05, 4.69) is 117 Å². The molecule has 9 rings (SSSR count). The molecular weight excluding hydrogens is 611 g/mol. The van der Waals surface area contributed by atoms with Gasteiger partial charge in [-0.25, -0.2) is 4.85 Å². The van der Waals surface area contributed by atoms with Crippen molar-refractivity contribution >= 4 is 49.3 Å². The molecule has 230 valence electrons. The van der Waals surface area contributed by atoms with Gasteiger partial charge in [0.1, 0.15) is 0 Å². The normalized spacial score (nSPS) is 11.1. The minimum absolute atomic E-state index is 0.535. The van der Waals surface area contributed by atoms with Crippen molar-refractivity contribution in [2.75, 3.05) is 0 Å². The predicted octanol–water partition coefficient (Wildman–Crippen LogP) is 11.5. The summed E-state index contributed by atoms with van der Waals surface area (Å²) >= 11 is 0. The Morgan fingerprint density at radius 2 is 1.06 bits per heavy atom. The average Bonchev–Trinajstić information content (AvgIpc) is 3.69. The van der Waals surface area contributed by atoms with E-state index in [1.807, 2.05) is 60.7 Å². The standard InChI is InChI=1S/C45H25N5/c1-48-32-19-22-45-40(26-32)39-24-30(28-47)18-21-44(39)50(45)43-20-17-29(27-46)23-38(43)35-12-3-2-11-34(35)31-9-8-10-33(25-31)49-41-15-6-4-13-36(41)37-14-5-7-16-42(37)49/h2-26H. The molecule has 50 heavy (non-hydrogen) atoms. The number of rotatable bonds is 4. The first kappa shape index (κ1) is 28.8. The Morgan fingerprint density at radius 1 is 0.460 bits per heavy atom. The van der Waals surface area contributed by atoms with E-state index in [9.17, 15) is 10.5 Å². The van der Waals surface area contributed by atoms with Gasteiger partial charge < -0.3 is 9.13 Å². The number of hydrogen-bond donors (Lipinski definition) is 0. The Morgan fingerprint density at radius 3 is 1.78 bits per heavy atom. The molecule has 0 N–H and O–H groups in total. The first-order valence-electron chi connectivity index (χ1n) is 16.3. The lowest BCUT2D eigenvalue weighted by Gasteiger charge is -2.18. The SMILES string of the molecule is [C-]#[N+]c1ccc2c(c1)c1cc(C#N)ccc1n2-c1ccc(C#N)cc1-c1ccccc1-c1cccc(-n2c3ccccc3c3ccccc32)c1. The van der Waals surface area contributed by atoms with E-state index in [4.69, 9.17) is 6.57 Å². The van der Waals surface area contributed by atoms with Crippen LogP contribution in [0.4, 0.5) is 5.69 Å². The Labute approximate surface area is 288 Å². The summed E-state index contributed by atoms with van der Waals surface area (Å²) < 4.78 is 4.50. The molecule has 5 nitrogen and oxygen atoms in total. The number of aromatic nitrogens is 2. The highest BCUT2D eigenvalue weighted by molar-refractivity contribution is 6.12. The molecule has 0 saturated heterocycles. The zero-order valence-electron chi connectivity index (χ0n) is 26.7. The first-order chi connectivity index (χ1) is 24.7. The van der Waals surface area contributed by atoms with Crippen LogP contribution < -0.4 is 0 Å². The fourth-order valence-corrected chi connectivity index (χ4v) is 7.41. The van der Waals surface area contributed by atoms with Gasteiger partial charge in [0.25, 0.3) is 0 Å². The van der Waals surface area contributed by atoms with Crippen LogP contribution in [0.5, 0.6) is 0 Å². The van der Waals surface area contributed by atoms with E-state index in [0.717, 1.165) is 66.5 Å². The topological polar surface area (TPSA) is 61.8 Å². The van der Waals surface area contributed by atoms with E-state index < -0.39 is 0 Å². The van der Waals surface area contributed by atoms with Crippen LogP contribution in [0, 0.1) is 29.2 Å². The number of para-hydroxylation sites is 2. The van der Waals surface area contributed by atoms with Crippen molar-refractivity contribution in [3.8, 4) is 45.8 Å². The maximum Gasteiger partial charge on any atom is 0.188 e. The summed E-state index contributed by atoms with van der Waals surface area (Å²) in [6.07, 6.45) is 0. The number of hydrogen-bond acceptors (Lipinski definition) is 2. The summed E-state index contributed by atoms with van der Waals surface area (Å²) in [4.78, 5) is 3.68. The van der Waals surface area contributed by atoms with Crippen LogP contribution >= 0.6 is 0 Å². The molecule has 9 aromatic rings. The van der Waals surface area contributed by atoms with E-state index in [1.54, 1.807) is 0 Å². The number of benzene rings is 7. The molecule has 2 aromatic heterocycles. The Kier molecular flexibility index (Phi) is 6.56. The molecule has 0 atom stereocenters. The van der Waals surface area contributed by atoms with Crippen LogP contribution in [-0.2, 0) is 0 Å². The molecule has 7 aromatic carbocycles. The van der Waals surface area contributed by atoms with Crippen LogP contribution in [0.25, 0.3) is 82.1 Å². The van der Waals surface area contributed by atoms with Crippen LogP contribution in [0.3, 0.4) is 0 Å². The van der Waals surface area contributed by atoms with Crippen molar-refractivity contribution in [1.29, 1.82) is 10.5 Å². The molecule has 0 aliphatic carbocycles. The molecule has 0 amide bonds. The van der Waals surface area contributed by atoms with Crippen LogP contribution in [0.1, 0.15) is 11.1 Å². The second-order valence-electron chi connectivity index (χ2n) is 12.3. The molecule has 0 spiro atoms. The molecule has 0 aliphatic heterocycles. The third-order valence-electron chi connectivity index (χ3n) is 9.59. The van der Waals surface area contributed by atoms with Crippen molar-refractivity contribution in [3.63, 3.8) is 0 Å². The van der Waals surface area contributed by atoms with Gasteiger partial charge in [-0.05, 0) is 94.9 Å². The maximum atomic E-state index is 10.1. The van der Waals surface area contributed by atoms with Gasteiger partial charge in [0, 0.05) is 27.4 Å². The predicted molar refractivity (Wildman–Crippen MR) is 202 cm³/mol. The molecule has 5 heteroatoms. The summed E-state index contributed by atoms with van der Waals surface area (Å²) in [6.45, 7) is 7.65. The van der Waals surface area contributed by atoms with Crippen LogP contribution in [-0.4, -0.2) is 9.13 Å². The third-order valence-corrected chi connectivity index (χ3v) is 9.59. The summed E-state index contributed by atoms with van der Waals surface area (Å²) in [5, 5.41) is 24.0. The maximum absolute atomic E-state index is 10.1. The fraction of sp³-hybridized carbons (Fsp3) is 0. The lowest BCUT2D eigenvalue weighted by Crippen LogP contribution is -1.99. The summed E-state index contributed by atoms with van der Waals surface area (Å²) in [6, 6.07) is 55.8. The third kappa shape index (κ3) is 4.38. The Bertz CT molecular complexity index is 2850. The molecule has 0 unspecified atom stereocenters. The van der Waals surface area contributed by atoms with Gasteiger partial charge in [-0.3, -0.25) is 0 Å². The summed E-state index contributed by atoms with van der Waals surface area (Å²) in [5.74, 6) is 0. The molecule has 0 saturated carbocycles. The lowest BCUT2D eigenvalue weighted by molar-refractivity contribution is 1.18. The average molecular weight is 636 g/mol. The highest BCUT2D eigenvalue weighted by Gasteiger charge is 2.20. The van der Waals surface area contributed by atoms with Crippen molar-refractivity contribution < 1.29 is 0 Å². The Hall–Kier alpha value is -7.39. The van der Waals surface area contributed by atoms with E-state index >= 15 is 0 Å². The van der Waals surface area contributed by atoms with Gasteiger partial charge in [0.05, 0.1) is 57.6 Å². The van der Waals surface area contributed by atoms with Crippen molar-refractivity contribution in [3.05, 3.63) is 174 Å². The molecule has 0 aliphatic rings. The molecule has 0 bridgehead atoms. The van der Waals surface area contributed by atoms with Gasteiger partial charge in [-0.2, -0.15) is 10.5 Å². The summed E-state index contributed by atoms with van der Waals surface area (Å²) in [5.41, 5.74) is 11.7. The molecule has 0 fully saturated rings. The zero-order valence-corrected chi connectivity index (χ0v) is 26.7. The van der Waals surface area contributed by atoms with Crippen LogP contribution in [0.2, 0.25) is 0 Å². The molecular formula is C45H25N5. The summed E-state index contributed by atoms with van der Waals surface area (Å²) in [7, 11) is 0. The number of nitriles is 2. The van der Waals surface area contributed by atoms with Gasteiger partial charge in [0.15, 0.2) is 5.69 Å². The lowest BCUT2D eigenvalue weighted by atomic mass is 9.92. The van der Waals surface area contributed by atoms with Gasteiger partial charge in [0.2, 0.25) is 0 Å². The second-order valence-corrected chi connectivity index (χ2v) is 12.3. The molecule has 2 heterocycles. The second kappa shape index (κ2) is 11.4. The van der Waals surface area contributed by atoms with E-state index in [0.29, 0.717) is 16.8 Å². The highest BCUT2D eigenvalue weighted by Crippen LogP contribution is 2.42. The smallest absolute Gasteiger partial charge is 0.188 e. The fourth-order valence-electron chi connectivity index (χ4n) is 7.41. The van der Waals surface area contributed by atoms with E-state index in [-0.39, 0.29) is 0 Å². The quantitative estimate of drug-likeness (QED) is 0.181. The number of nitrogens with zero attached hydrogens (tertiary/aromatic N) is 5. The van der Waals surface area contributed by atoms with Gasteiger partial charge in [-0.1, -0.05) is 78.9 Å². The van der Waals surface area contributed by atoms with E-state index in [1.165, 1.54) is 10.8 Å². The van der Waals surface area contributed by atoms with Crippen molar-refractivity contribution in [2.24, 2.45) is 0 Å². The monoisotopic (exact) mass is 635 g/mol. The minimum atomic E-state index is 0.535. The first-order valence-corrected chi connectivity index (χ1v) is 16.3. The van der Waals surface area contributed by atoms with Crippen LogP contribution in [0.15, 0.2) is 152 Å².